The first-order valence-electron chi connectivity index (χ1n) is 13.5. The van der Waals surface area contributed by atoms with E-state index in [-0.39, 0.29) is 17.9 Å². The third-order valence-corrected chi connectivity index (χ3v) is 8.47. The van der Waals surface area contributed by atoms with Gasteiger partial charge in [0, 0.05) is 83.3 Å². The van der Waals surface area contributed by atoms with Gasteiger partial charge in [0.25, 0.3) is 5.91 Å². The van der Waals surface area contributed by atoms with Crippen LogP contribution in [0.2, 0.25) is 0 Å². The number of methoxy groups -OCH3 is 1. The molecule has 8 heteroatoms. The van der Waals surface area contributed by atoms with Gasteiger partial charge in [-0.3, -0.25) is 19.4 Å². The topological polar surface area (TPSA) is 59.6 Å². The first kappa shape index (κ1) is 24.5. The summed E-state index contributed by atoms with van der Waals surface area (Å²) in [5.41, 5.74) is 1.90. The van der Waals surface area contributed by atoms with E-state index in [1.807, 2.05) is 17.0 Å². The minimum absolute atomic E-state index is 0.105. The molecule has 2 amide bonds. The van der Waals surface area contributed by atoms with Gasteiger partial charge >= 0.3 is 0 Å². The lowest BCUT2D eigenvalue weighted by Crippen LogP contribution is -2.56. The van der Waals surface area contributed by atoms with Gasteiger partial charge in [-0.1, -0.05) is 6.42 Å². The SMILES string of the molecule is COC[C@@H]1CCCN1C(=O)c1ccc(N2CCN(CC(=O)N3CCN(C4CCC4)CC3)CC2)cc1. The zero-order valence-corrected chi connectivity index (χ0v) is 21.2. The Bertz CT molecular complexity index is 858. The lowest BCUT2D eigenvalue weighted by Gasteiger charge is -2.43. The molecule has 35 heavy (non-hydrogen) atoms. The number of hydrogen-bond acceptors (Lipinski definition) is 6. The Labute approximate surface area is 209 Å². The summed E-state index contributed by atoms with van der Waals surface area (Å²) < 4.78 is 5.30. The molecule has 1 aromatic carbocycles. The molecule has 0 N–H and O–H groups in total. The van der Waals surface area contributed by atoms with Crippen LogP contribution in [0.3, 0.4) is 0 Å². The molecule has 1 aromatic rings. The van der Waals surface area contributed by atoms with Gasteiger partial charge in [0.05, 0.1) is 19.2 Å². The summed E-state index contributed by atoms with van der Waals surface area (Å²) in [6.07, 6.45) is 6.10. The van der Waals surface area contributed by atoms with Crippen molar-refractivity contribution in [1.82, 2.24) is 19.6 Å². The number of rotatable bonds is 7. The van der Waals surface area contributed by atoms with Crippen molar-refractivity contribution < 1.29 is 14.3 Å². The predicted octanol–water partition coefficient (Wildman–Crippen LogP) is 1.76. The number of hydrogen-bond donors (Lipinski definition) is 0. The van der Waals surface area contributed by atoms with Crippen LogP contribution in [-0.2, 0) is 9.53 Å². The van der Waals surface area contributed by atoms with Gasteiger partial charge in [-0.15, -0.1) is 0 Å². The molecule has 0 aromatic heterocycles. The second-order valence-electron chi connectivity index (χ2n) is 10.6. The number of ether oxygens (including phenoxy) is 1. The molecule has 0 unspecified atom stereocenters. The molecule has 1 aliphatic carbocycles. The van der Waals surface area contributed by atoms with E-state index in [1.54, 1.807) is 7.11 Å². The molecule has 4 fully saturated rings. The van der Waals surface area contributed by atoms with Crippen LogP contribution in [0.1, 0.15) is 42.5 Å². The van der Waals surface area contributed by atoms with Crippen molar-refractivity contribution in [3.63, 3.8) is 0 Å². The monoisotopic (exact) mass is 483 g/mol. The molecule has 192 valence electrons. The van der Waals surface area contributed by atoms with Crippen molar-refractivity contribution in [2.24, 2.45) is 0 Å². The van der Waals surface area contributed by atoms with Crippen molar-refractivity contribution >= 4 is 17.5 Å². The smallest absolute Gasteiger partial charge is 0.254 e. The molecule has 1 saturated carbocycles. The number of piperazine rings is 2. The summed E-state index contributed by atoms with van der Waals surface area (Å²) in [6, 6.07) is 9.02. The van der Waals surface area contributed by atoms with E-state index in [4.69, 9.17) is 4.74 Å². The normalized spacial score (nSPS) is 24.6. The number of nitrogens with zero attached hydrogens (tertiary/aromatic N) is 5. The van der Waals surface area contributed by atoms with Gasteiger partial charge in [0.2, 0.25) is 5.91 Å². The van der Waals surface area contributed by atoms with Crippen LogP contribution in [0.5, 0.6) is 0 Å². The number of anilines is 1. The first-order valence-corrected chi connectivity index (χ1v) is 13.5. The first-order chi connectivity index (χ1) is 17.1. The third-order valence-electron chi connectivity index (χ3n) is 8.47. The van der Waals surface area contributed by atoms with Crippen LogP contribution < -0.4 is 4.90 Å². The fraction of sp³-hybridized carbons (Fsp3) is 0.704. The highest BCUT2D eigenvalue weighted by atomic mass is 16.5. The number of benzene rings is 1. The maximum absolute atomic E-state index is 13.0. The number of amides is 2. The van der Waals surface area contributed by atoms with Crippen LogP contribution in [0, 0.1) is 0 Å². The highest BCUT2D eigenvalue weighted by molar-refractivity contribution is 5.95. The second kappa shape index (κ2) is 11.3. The minimum atomic E-state index is 0.105. The molecule has 3 heterocycles. The van der Waals surface area contributed by atoms with E-state index in [2.05, 4.69) is 31.7 Å². The van der Waals surface area contributed by atoms with Gasteiger partial charge in [-0.05, 0) is 49.9 Å². The molecule has 0 radical (unpaired) electrons. The molecule has 0 bridgehead atoms. The molecule has 8 nitrogen and oxygen atoms in total. The summed E-state index contributed by atoms with van der Waals surface area (Å²) in [5, 5.41) is 0. The maximum atomic E-state index is 13.0. The van der Waals surface area contributed by atoms with E-state index in [0.29, 0.717) is 13.2 Å². The summed E-state index contributed by atoms with van der Waals surface area (Å²) in [6.45, 7) is 9.36. The van der Waals surface area contributed by atoms with E-state index < -0.39 is 0 Å². The zero-order chi connectivity index (χ0) is 24.2. The Morgan fingerprint density at radius 2 is 1.57 bits per heavy atom. The van der Waals surface area contributed by atoms with Crippen LogP contribution in [0.15, 0.2) is 24.3 Å². The number of likely N-dealkylation sites (tertiary alicyclic amines) is 1. The van der Waals surface area contributed by atoms with Crippen LogP contribution >= 0.6 is 0 Å². The van der Waals surface area contributed by atoms with E-state index in [1.165, 1.54) is 19.3 Å². The van der Waals surface area contributed by atoms with Crippen LogP contribution in [0.4, 0.5) is 5.69 Å². The fourth-order valence-corrected chi connectivity index (χ4v) is 5.99. The number of carbonyl (C=O) groups is 2. The summed E-state index contributed by atoms with van der Waals surface area (Å²) in [5.74, 6) is 0.385. The summed E-state index contributed by atoms with van der Waals surface area (Å²) in [4.78, 5) is 37.1. The van der Waals surface area contributed by atoms with Gasteiger partial charge < -0.3 is 19.4 Å². The molecule has 3 saturated heterocycles. The molecular formula is C27H41N5O3. The Morgan fingerprint density at radius 1 is 0.857 bits per heavy atom. The van der Waals surface area contributed by atoms with Gasteiger partial charge in [0.15, 0.2) is 0 Å². The van der Waals surface area contributed by atoms with E-state index in [9.17, 15) is 9.59 Å². The van der Waals surface area contributed by atoms with Gasteiger partial charge in [-0.25, -0.2) is 0 Å². The van der Waals surface area contributed by atoms with Crippen LogP contribution in [0.25, 0.3) is 0 Å². The quantitative estimate of drug-likeness (QED) is 0.589. The molecule has 3 aliphatic heterocycles. The molecule has 1 atom stereocenters. The van der Waals surface area contributed by atoms with E-state index >= 15 is 0 Å². The predicted molar refractivity (Wildman–Crippen MR) is 137 cm³/mol. The van der Waals surface area contributed by atoms with Crippen molar-refractivity contribution in [2.75, 3.05) is 84.1 Å². The maximum Gasteiger partial charge on any atom is 0.254 e. The Morgan fingerprint density at radius 3 is 2.20 bits per heavy atom. The number of carbonyl (C=O) groups excluding carboxylic acids is 2. The standard InChI is InChI=1S/C27H41N5O3/c1-35-21-25-6-3-11-32(25)27(34)22-7-9-24(10-8-22)29-14-12-28(13-15-29)20-26(33)31-18-16-30(17-19-31)23-4-2-5-23/h7-10,23,25H,2-6,11-21H2,1H3/t25-/m0/s1. The van der Waals surface area contributed by atoms with Crippen molar-refractivity contribution in [3.8, 4) is 0 Å². The average molecular weight is 484 g/mol. The highest BCUT2D eigenvalue weighted by Crippen LogP contribution is 2.26. The lowest BCUT2D eigenvalue weighted by molar-refractivity contribution is -0.134. The Kier molecular flexibility index (Phi) is 7.90. The zero-order valence-electron chi connectivity index (χ0n) is 21.2. The van der Waals surface area contributed by atoms with Gasteiger partial charge in [-0.2, -0.15) is 0 Å². The van der Waals surface area contributed by atoms with Gasteiger partial charge in [0.1, 0.15) is 0 Å². The average Bonchev–Trinajstić information content (AvgIpc) is 3.32. The molecular weight excluding hydrogens is 442 g/mol. The second-order valence-corrected chi connectivity index (χ2v) is 10.6. The summed E-state index contributed by atoms with van der Waals surface area (Å²) >= 11 is 0. The largest absolute Gasteiger partial charge is 0.383 e. The van der Waals surface area contributed by atoms with Crippen molar-refractivity contribution in [1.29, 1.82) is 0 Å². The minimum Gasteiger partial charge on any atom is -0.383 e. The lowest BCUT2D eigenvalue weighted by atomic mass is 9.91. The highest BCUT2D eigenvalue weighted by Gasteiger charge is 2.31. The van der Waals surface area contributed by atoms with Crippen LogP contribution in [-0.4, -0.2) is 123 Å². The third kappa shape index (κ3) is 5.65. The molecule has 5 rings (SSSR count). The van der Waals surface area contributed by atoms with Crippen molar-refractivity contribution in [2.45, 2.75) is 44.2 Å². The fourth-order valence-electron chi connectivity index (χ4n) is 5.99. The summed E-state index contributed by atoms with van der Waals surface area (Å²) in [7, 11) is 1.70. The Balaban J connectivity index is 1.06. The van der Waals surface area contributed by atoms with Crippen molar-refractivity contribution in [3.05, 3.63) is 29.8 Å². The molecule has 0 spiro atoms. The van der Waals surface area contributed by atoms with E-state index in [0.717, 1.165) is 89.0 Å². The Hall–Kier alpha value is -2.16. The molecule has 4 aliphatic rings.